The van der Waals surface area contributed by atoms with E-state index in [1.165, 1.54) is 0 Å². The van der Waals surface area contributed by atoms with E-state index in [0.717, 1.165) is 28.3 Å². The van der Waals surface area contributed by atoms with Crippen LogP contribution in [0.4, 0.5) is 5.69 Å². The number of rotatable bonds is 3. The van der Waals surface area contributed by atoms with Gasteiger partial charge in [0, 0.05) is 30.3 Å². The van der Waals surface area contributed by atoms with Crippen molar-refractivity contribution >= 4 is 23.3 Å². The second kappa shape index (κ2) is 6.90. The summed E-state index contributed by atoms with van der Waals surface area (Å²) in [6.45, 7) is 6.12. The van der Waals surface area contributed by atoms with E-state index in [9.17, 15) is 4.79 Å². The van der Waals surface area contributed by atoms with Crippen molar-refractivity contribution in [2.75, 3.05) is 11.9 Å². The molecule has 1 aliphatic carbocycles. The van der Waals surface area contributed by atoms with Gasteiger partial charge in [-0.2, -0.15) is 5.10 Å². The zero-order valence-electron chi connectivity index (χ0n) is 16.1. The highest BCUT2D eigenvalue weighted by Gasteiger charge is 2.36. The van der Waals surface area contributed by atoms with Crippen LogP contribution in [0.3, 0.4) is 0 Å². The average molecular weight is 367 g/mol. The number of fused-ring (bicyclic) bond motifs is 1. The van der Waals surface area contributed by atoms with E-state index < -0.39 is 0 Å². The first-order valence-electron chi connectivity index (χ1n) is 8.81. The van der Waals surface area contributed by atoms with Crippen molar-refractivity contribution in [1.82, 2.24) is 0 Å². The molecular weight excluding hydrogens is 342 g/mol. The molecule has 7 heteroatoms. The minimum Gasteiger partial charge on any atom is -0.455 e. The molecule has 0 aliphatic heterocycles. The molecule has 0 saturated heterocycles. The van der Waals surface area contributed by atoms with E-state index in [0.29, 0.717) is 18.6 Å². The second-order valence-electron chi connectivity index (χ2n) is 7.64. The Hall–Kier alpha value is -3.09. The fourth-order valence-corrected chi connectivity index (χ4v) is 3.44. The summed E-state index contributed by atoms with van der Waals surface area (Å²) in [4.78, 5) is 14.6. The van der Waals surface area contributed by atoms with E-state index in [4.69, 9.17) is 15.9 Å². The fourth-order valence-electron chi connectivity index (χ4n) is 3.44. The lowest BCUT2D eigenvalue weighted by Gasteiger charge is -2.29. The molecule has 2 aromatic rings. The first kappa shape index (κ1) is 18.7. The molecule has 3 rings (SSSR count). The van der Waals surface area contributed by atoms with Gasteiger partial charge in [0.15, 0.2) is 5.76 Å². The molecule has 0 saturated carbocycles. The van der Waals surface area contributed by atoms with Crippen molar-refractivity contribution in [1.29, 1.82) is 0 Å². The number of hydrogen-bond acceptors (Lipinski definition) is 4. The van der Waals surface area contributed by atoms with Crippen LogP contribution in [0.25, 0.3) is 0 Å². The van der Waals surface area contributed by atoms with Crippen LogP contribution in [-0.4, -0.2) is 24.6 Å². The highest BCUT2D eigenvalue weighted by atomic mass is 16.4. The maximum Gasteiger partial charge on any atom is 0.294 e. The SMILES string of the molecule is Cc1c(C(=O)N(C)c2ccccc2)oc2c1/C(=N\N=C(N)N)CC(C)(C)C2. The molecule has 27 heavy (non-hydrogen) atoms. The number of para-hydroxylation sites is 1. The first-order chi connectivity index (χ1) is 12.7. The lowest BCUT2D eigenvalue weighted by Crippen LogP contribution is -2.28. The minimum absolute atomic E-state index is 0.0688. The lowest BCUT2D eigenvalue weighted by molar-refractivity contribution is 0.0962. The van der Waals surface area contributed by atoms with Gasteiger partial charge in [-0.25, -0.2) is 0 Å². The molecule has 1 aromatic carbocycles. The average Bonchev–Trinajstić information content (AvgIpc) is 2.94. The Morgan fingerprint density at radius 2 is 1.85 bits per heavy atom. The van der Waals surface area contributed by atoms with Crippen molar-refractivity contribution < 1.29 is 9.21 Å². The van der Waals surface area contributed by atoms with Crippen molar-refractivity contribution in [3.05, 3.63) is 53.0 Å². The monoisotopic (exact) mass is 367 g/mol. The Bertz CT molecular complexity index is 921. The van der Waals surface area contributed by atoms with Crippen molar-refractivity contribution in [2.45, 2.75) is 33.6 Å². The van der Waals surface area contributed by atoms with E-state index in [2.05, 4.69) is 24.1 Å². The summed E-state index contributed by atoms with van der Waals surface area (Å²) < 4.78 is 6.03. The molecule has 7 nitrogen and oxygen atoms in total. The first-order valence-corrected chi connectivity index (χ1v) is 8.81. The Labute approximate surface area is 158 Å². The largest absolute Gasteiger partial charge is 0.455 e. The van der Waals surface area contributed by atoms with E-state index in [1.54, 1.807) is 11.9 Å². The predicted octanol–water partition coefficient (Wildman–Crippen LogP) is 2.81. The van der Waals surface area contributed by atoms with Crippen LogP contribution in [0.2, 0.25) is 0 Å². The molecule has 1 aliphatic rings. The van der Waals surface area contributed by atoms with Gasteiger partial charge in [0.05, 0.1) is 5.71 Å². The van der Waals surface area contributed by atoms with Gasteiger partial charge in [-0.15, -0.1) is 5.10 Å². The Morgan fingerprint density at radius 1 is 1.19 bits per heavy atom. The maximum absolute atomic E-state index is 13.0. The summed E-state index contributed by atoms with van der Waals surface area (Å²) in [6.07, 6.45) is 1.41. The molecule has 1 heterocycles. The van der Waals surface area contributed by atoms with Gasteiger partial charge in [-0.05, 0) is 30.9 Å². The van der Waals surface area contributed by atoms with E-state index in [1.807, 2.05) is 37.3 Å². The van der Waals surface area contributed by atoms with Gasteiger partial charge in [0.2, 0.25) is 5.96 Å². The molecular formula is C20H25N5O2. The number of anilines is 1. The van der Waals surface area contributed by atoms with Crippen LogP contribution >= 0.6 is 0 Å². The minimum atomic E-state index is -0.202. The summed E-state index contributed by atoms with van der Waals surface area (Å²) in [7, 11) is 1.73. The summed E-state index contributed by atoms with van der Waals surface area (Å²) >= 11 is 0. The molecule has 0 unspecified atom stereocenters. The van der Waals surface area contributed by atoms with Crippen LogP contribution < -0.4 is 16.4 Å². The summed E-state index contributed by atoms with van der Waals surface area (Å²) in [5.41, 5.74) is 13.9. The van der Waals surface area contributed by atoms with Crippen LogP contribution in [0, 0.1) is 12.3 Å². The number of amides is 1. The van der Waals surface area contributed by atoms with Gasteiger partial charge < -0.3 is 20.8 Å². The zero-order chi connectivity index (χ0) is 19.8. The molecule has 0 atom stereocenters. The molecule has 4 N–H and O–H groups in total. The standard InChI is InChI=1S/C20H25N5O2/c1-12-16-14(23-24-19(21)22)10-20(2,3)11-15(16)27-17(12)18(26)25(4)13-8-6-5-7-9-13/h5-9H,10-11H2,1-4H3,(H4,21,22,24)/b23-14-. The number of nitrogens with two attached hydrogens (primary N) is 2. The van der Waals surface area contributed by atoms with Gasteiger partial charge in [0.25, 0.3) is 5.91 Å². The third-order valence-electron chi connectivity index (χ3n) is 4.72. The van der Waals surface area contributed by atoms with Crippen LogP contribution in [0.15, 0.2) is 45.0 Å². The third kappa shape index (κ3) is 3.72. The Morgan fingerprint density at radius 3 is 2.48 bits per heavy atom. The number of nitrogens with zero attached hydrogens (tertiary/aromatic N) is 3. The van der Waals surface area contributed by atoms with Crippen LogP contribution in [0.1, 0.15) is 47.7 Å². The smallest absolute Gasteiger partial charge is 0.294 e. The zero-order valence-corrected chi connectivity index (χ0v) is 16.1. The number of carbonyl (C=O) groups excluding carboxylic acids is 1. The molecule has 0 bridgehead atoms. The van der Waals surface area contributed by atoms with Crippen molar-refractivity contribution in [2.24, 2.45) is 27.1 Å². The molecule has 0 spiro atoms. The number of carbonyl (C=O) groups is 1. The number of guanidine groups is 1. The normalized spacial score (nSPS) is 16.7. The van der Waals surface area contributed by atoms with Gasteiger partial charge in [-0.3, -0.25) is 4.79 Å². The number of furan rings is 1. The Balaban J connectivity index is 2.05. The van der Waals surface area contributed by atoms with E-state index >= 15 is 0 Å². The van der Waals surface area contributed by atoms with E-state index in [-0.39, 0.29) is 17.3 Å². The van der Waals surface area contributed by atoms with Crippen LogP contribution in [-0.2, 0) is 6.42 Å². The van der Waals surface area contributed by atoms with Gasteiger partial charge in [-0.1, -0.05) is 32.0 Å². The highest BCUT2D eigenvalue weighted by molar-refractivity contribution is 6.10. The lowest BCUT2D eigenvalue weighted by atomic mass is 9.75. The molecule has 0 fully saturated rings. The molecule has 1 aromatic heterocycles. The van der Waals surface area contributed by atoms with Crippen molar-refractivity contribution in [3.63, 3.8) is 0 Å². The number of benzene rings is 1. The van der Waals surface area contributed by atoms with Crippen molar-refractivity contribution in [3.8, 4) is 0 Å². The fraction of sp³-hybridized carbons (Fsp3) is 0.350. The van der Waals surface area contributed by atoms with Crippen LogP contribution in [0.5, 0.6) is 0 Å². The predicted molar refractivity (Wildman–Crippen MR) is 107 cm³/mol. The maximum atomic E-state index is 13.0. The quantitative estimate of drug-likeness (QED) is 0.494. The molecule has 142 valence electrons. The second-order valence-corrected chi connectivity index (χ2v) is 7.64. The summed E-state index contributed by atoms with van der Waals surface area (Å²) in [5, 5.41) is 8.04. The molecule has 1 amide bonds. The van der Waals surface area contributed by atoms with Gasteiger partial charge >= 0.3 is 0 Å². The van der Waals surface area contributed by atoms with Gasteiger partial charge in [0.1, 0.15) is 5.76 Å². The third-order valence-corrected chi connectivity index (χ3v) is 4.72. The topological polar surface area (TPSA) is 110 Å². The molecule has 0 radical (unpaired) electrons. The number of hydrogen-bond donors (Lipinski definition) is 2. The summed E-state index contributed by atoms with van der Waals surface area (Å²) in [5.74, 6) is 0.764. The highest BCUT2D eigenvalue weighted by Crippen LogP contribution is 2.39. The summed E-state index contributed by atoms with van der Waals surface area (Å²) in [6, 6.07) is 9.45. The Kier molecular flexibility index (Phi) is 4.78.